The van der Waals surface area contributed by atoms with E-state index >= 15 is 0 Å². The number of halogens is 2. The predicted molar refractivity (Wildman–Crippen MR) is 98.0 cm³/mol. The molecule has 2 rings (SSSR count). The van der Waals surface area contributed by atoms with Gasteiger partial charge in [-0.1, -0.05) is 41.4 Å². The molecule has 0 unspecified atom stereocenters. The molecule has 0 heterocycles. The van der Waals surface area contributed by atoms with Gasteiger partial charge in [0.15, 0.2) is 11.5 Å². The number of aryl methyl sites for hydroxylation is 1. The van der Waals surface area contributed by atoms with Crippen molar-refractivity contribution in [3.8, 4) is 11.5 Å². The summed E-state index contributed by atoms with van der Waals surface area (Å²) in [5, 5.41) is 0.254. The van der Waals surface area contributed by atoms with E-state index in [0.29, 0.717) is 25.0 Å². The molecule has 0 aliphatic rings. The number of carbonyl (C=O) groups is 2. The number of benzene rings is 2. The fraction of sp³-hybridized carbons (Fsp3) is 0.263. The summed E-state index contributed by atoms with van der Waals surface area (Å²) in [5.41, 5.74) is 1.43. The van der Waals surface area contributed by atoms with E-state index in [1.54, 1.807) is 0 Å². The number of ether oxygens (including phenoxy) is 2. The van der Waals surface area contributed by atoms with E-state index in [4.69, 9.17) is 32.7 Å². The van der Waals surface area contributed by atoms with Crippen LogP contribution in [0.25, 0.3) is 0 Å². The maximum absolute atomic E-state index is 12.3. The Bertz CT molecular complexity index is 764. The van der Waals surface area contributed by atoms with Gasteiger partial charge in [0.25, 0.3) is 0 Å². The van der Waals surface area contributed by atoms with Crippen LogP contribution in [0.2, 0.25) is 10.0 Å². The highest BCUT2D eigenvalue weighted by Crippen LogP contribution is 2.34. The third-order valence-electron chi connectivity index (χ3n) is 3.47. The minimum atomic E-state index is -0.531. The van der Waals surface area contributed by atoms with Crippen molar-refractivity contribution in [1.29, 1.82) is 0 Å². The summed E-state index contributed by atoms with van der Waals surface area (Å²) < 4.78 is 10.6. The summed E-state index contributed by atoms with van der Waals surface area (Å²) in [6, 6.07) is 10.6. The SMILES string of the molecule is CC(=O)Oc1c(Cl)cc(C(=O)CCCOc2ccccc2C)cc1Cl. The van der Waals surface area contributed by atoms with Gasteiger partial charge in [0.2, 0.25) is 0 Å². The number of carbonyl (C=O) groups excluding carboxylic acids is 2. The fourth-order valence-corrected chi connectivity index (χ4v) is 2.80. The van der Waals surface area contributed by atoms with E-state index in [2.05, 4.69) is 0 Å². The second-order valence-corrected chi connectivity index (χ2v) is 6.32. The molecule has 0 saturated heterocycles. The van der Waals surface area contributed by atoms with Crippen LogP contribution >= 0.6 is 23.2 Å². The molecule has 0 N–H and O–H groups in total. The van der Waals surface area contributed by atoms with Gasteiger partial charge in [0, 0.05) is 18.9 Å². The Hall–Kier alpha value is -2.04. The van der Waals surface area contributed by atoms with Gasteiger partial charge in [0.05, 0.1) is 16.7 Å². The number of Topliss-reactive ketones (excluding diaryl/α,β-unsaturated/α-hetero) is 1. The average molecular weight is 381 g/mol. The molecule has 25 heavy (non-hydrogen) atoms. The smallest absolute Gasteiger partial charge is 0.308 e. The molecule has 0 spiro atoms. The van der Waals surface area contributed by atoms with E-state index in [0.717, 1.165) is 11.3 Å². The second kappa shape index (κ2) is 8.88. The lowest BCUT2D eigenvalue weighted by molar-refractivity contribution is -0.131. The largest absolute Gasteiger partial charge is 0.493 e. The maximum atomic E-state index is 12.3. The first kappa shape index (κ1) is 19.3. The Kier molecular flexibility index (Phi) is 6.85. The molecule has 0 aliphatic carbocycles. The molecular weight excluding hydrogens is 363 g/mol. The lowest BCUT2D eigenvalue weighted by Crippen LogP contribution is -2.06. The van der Waals surface area contributed by atoms with E-state index in [9.17, 15) is 9.59 Å². The summed E-state index contributed by atoms with van der Waals surface area (Å²) in [7, 11) is 0. The molecule has 4 nitrogen and oxygen atoms in total. The monoisotopic (exact) mass is 380 g/mol. The zero-order valence-corrected chi connectivity index (χ0v) is 15.5. The first-order valence-electron chi connectivity index (χ1n) is 7.77. The zero-order chi connectivity index (χ0) is 18.4. The van der Waals surface area contributed by atoms with Crippen LogP contribution < -0.4 is 9.47 Å². The van der Waals surface area contributed by atoms with Crippen LogP contribution in [0, 0.1) is 6.92 Å². The summed E-state index contributed by atoms with van der Waals surface area (Å²) in [4.78, 5) is 23.3. The summed E-state index contributed by atoms with van der Waals surface area (Å²) in [6.07, 6.45) is 0.861. The topological polar surface area (TPSA) is 52.6 Å². The van der Waals surface area contributed by atoms with Crippen LogP contribution in [0.5, 0.6) is 11.5 Å². The molecule has 0 atom stereocenters. The van der Waals surface area contributed by atoms with E-state index in [1.807, 2.05) is 31.2 Å². The van der Waals surface area contributed by atoms with Crippen LogP contribution in [0.3, 0.4) is 0 Å². The molecule has 2 aromatic rings. The molecule has 6 heteroatoms. The van der Waals surface area contributed by atoms with Crippen LogP contribution in [-0.4, -0.2) is 18.4 Å². The minimum Gasteiger partial charge on any atom is -0.493 e. The molecule has 2 aromatic carbocycles. The molecule has 132 valence electrons. The number of hydrogen-bond donors (Lipinski definition) is 0. The van der Waals surface area contributed by atoms with Crippen LogP contribution in [0.4, 0.5) is 0 Å². The van der Waals surface area contributed by atoms with Crippen molar-refractivity contribution >= 4 is 35.0 Å². The first-order chi connectivity index (χ1) is 11.9. The minimum absolute atomic E-state index is 0.0651. The van der Waals surface area contributed by atoms with Gasteiger partial charge >= 0.3 is 5.97 Å². The maximum Gasteiger partial charge on any atom is 0.308 e. The average Bonchev–Trinajstić information content (AvgIpc) is 2.55. The molecule has 0 bridgehead atoms. The Morgan fingerprint density at radius 3 is 2.32 bits per heavy atom. The van der Waals surface area contributed by atoms with Crippen molar-refractivity contribution in [3.63, 3.8) is 0 Å². The standard InChI is InChI=1S/C19H18Cl2O4/c1-12-6-3-4-8-18(12)24-9-5-7-17(23)14-10-15(20)19(16(21)11-14)25-13(2)22/h3-4,6,8,10-11H,5,7,9H2,1-2H3. The quantitative estimate of drug-likeness (QED) is 0.284. The number of rotatable bonds is 7. The fourth-order valence-electron chi connectivity index (χ4n) is 2.24. The van der Waals surface area contributed by atoms with Gasteiger partial charge in [-0.05, 0) is 37.1 Å². The highest BCUT2D eigenvalue weighted by molar-refractivity contribution is 6.38. The Balaban J connectivity index is 1.92. The molecule has 0 aliphatic heterocycles. The molecule has 0 aromatic heterocycles. The van der Waals surface area contributed by atoms with Crippen molar-refractivity contribution in [1.82, 2.24) is 0 Å². The Morgan fingerprint density at radius 1 is 1.08 bits per heavy atom. The van der Waals surface area contributed by atoms with Gasteiger partial charge in [-0.2, -0.15) is 0 Å². The summed E-state index contributed by atoms with van der Waals surface area (Å²) >= 11 is 12.1. The summed E-state index contributed by atoms with van der Waals surface area (Å²) in [5.74, 6) is 0.241. The van der Waals surface area contributed by atoms with Crippen molar-refractivity contribution in [2.24, 2.45) is 0 Å². The Morgan fingerprint density at radius 2 is 1.72 bits per heavy atom. The molecule has 0 saturated carbocycles. The van der Waals surface area contributed by atoms with Gasteiger partial charge in [-0.3, -0.25) is 9.59 Å². The van der Waals surface area contributed by atoms with Crippen molar-refractivity contribution in [2.45, 2.75) is 26.7 Å². The number of hydrogen-bond acceptors (Lipinski definition) is 4. The van der Waals surface area contributed by atoms with E-state index < -0.39 is 5.97 Å². The number of ketones is 1. The molecule has 0 radical (unpaired) electrons. The van der Waals surface area contributed by atoms with Crippen LogP contribution in [0.15, 0.2) is 36.4 Å². The van der Waals surface area contributed by atoms with Gasteiger partial charge in [-0.25, -0.2) is 0 Å². The van der Waals surface area contributed by atoms with E-state index in [1.165, 1.54) is 19.1 Å². The second-order valence-electron chi connectivity index (χ2n) is 5.50. The third kappa shape index (κ3) is 5.48. The van der Waals surface area contributed by atoms with Gasteiger partial charge in [0.1, 0.15) is 5.75 Å². The summed E-state index contributed by atoms with van der Waals surface area (Å²) in [6.45, 7) is 3.65. The van der Waals surface area contributed by atoms with Crippen molar-refractivity contribution in [2.75, 3.05) is 6.61 Å². The molecule has 0 amide bonds. The van der Waals surface area contributed by atoms with Crippen LogP contribution in [-0.2, 0) is 4.79 Å². The van der Waals surface area contributed by atoms with E-state index in [-0.39, 0.29) is 21.6 Å². The lowest BCUT2D eigenvalue weighted by atomic mass is 10.1. The number of esters is 1. The van der Waals surface area contributed by atoms with Gasteiger partial charge < -0.3 is 9.47 Å². The predicted octanol–water partition coefficient (Wildman–Crippen LogP) is 5.27. The molecule has 0 fully saturated rings. The van der Waals surface area contributed by atoms with Crippen molar-refractivity contribution < 1.29 is 19.1 Å². The highest BCUT2D eigenvalue weighted by Gasteiger charge is 2.15. The van der Waals surface area contributed by atoms with Crippen molar-refractivity contribution in [3.05, 3.63) is 57.6 Å². The lowest BCUT2D eigenvalue weighted by Gasteiger charge is -2.10. The molecular formula is C19H18Cl2O4. The zero-order valence-electron chi connectivity index (χ0n) is 14.0. The first-order valence-corrected chi connectivity index (χ1v) is 8.53. The van der Waals surface area contributed by atoms with Crippen LogP contribution in [0.1, 0.15) is 35.7 Å². The third-order valence-corrected chi connectivity index (χ3v) is 4.03. The Labute approximate surface area is 156 Å². The van der Waals surface area contributed by atoms with Gasteiger partial charge in [-0.15, -0.1) is 0 Å². The number of para-hydroxylation sites is 1. The normalized spacial score (nSPS) is 10.4. The highest BCUT2D eigenvalue weighted by atomic mass is 35.5.